The lowest BCUT2D eigenvalue weighted by molar-refractivity contribution is -0.240. The Morgan fingerprint density at radius 1 is 1.29 bits per heavy atom. The third kappa shape index (κ3) is 1.74. The van der Waals surface area contributed by atoms with Crippen LogP contribution in [-0.4, -0.2) is 62.0 Å². The molecule has 0 unspecified atom stereocenters. The molecular weight excluding hydrogens is 396 g/mol. The number of carbonyl (C=O) groups is 2. The lowest BCUT2D eigenvalue weighted by Gasteiger charge is -2.64. The van der Waals surface area contributed by atoms with Crippen LogP contribution >= 0.6 is 0 Å². The Hall–Kier alpha value is -2.28. The van der Waals surface area contributed by atoms with E-state index in [1.165, 1.54) is 12.7 Å². The van der Waals surface area contributed by atoms with E-state index in [-0.39, 0.29) is 23.3 Å². The lowest BCUT2D eigenvalue weighted by Crippen LogP contribution is -2.77. The predicted octanol–water partition coefficient (Wildman–Crippen LogP) is 2.61. The maximum Gasteiger partial charge on any atom is 0.340 e. The summed E-state index contributed by atoms with van der Waals surface area (Å²) in [6, 6.07) is 5.97. The minimum absolute atomic E-state index is 0.147. The van der Waals surface area contributed by atoms with Crippen LogP contribution in [0.4, 0.5) is 5.69 Å². The van der Waals surface area contributed by atoms with Gasteiger partial charge < -0.3 is 24.0 Å². The van der Waals surface area contributed by atoms with Crippen molar-refractivity contribution in [3.63, 3.8) is 0 Å². The van der Waals surface area contributed by atoms with E-state index >= 15 is 0 Å². The SMILES string of the molecule is CC[C@]12CCC(=O)N3CCC[C@]45c6ccc(OC)cc6N(C)[C@H]4[C@@](C(=O)OC)(C1)O[C@@]325. The maximum atomic E-state index is 13.5. The average molecular weight is 427 g/mol. The fourth-order valence-corrected chi connectivity index (χ4v) is 8.43. The molecule has 0 aromatic heterocycles. The zero-order valence-electron chi connectivity index (χ0n) is 18.7. The number of hydrogen-bond donors (Lipinski definition) is 0. The summed E-state index contributed by atoms with van der Waals surface area (Å²) in [4.78, 5) is 31.0. The molecule has 0 N–H and O–H groups in total. The van der Waals surface area contributed by atoms with Crippen LogP contribution in [0.2, 0.25) is 0 Å². The largest absolute Gasteiger partial charge is 0.497 e. The summed E-state index contributed by atoms with van der Waals surface area (Å²) in [5.74, 6) is 0.616. The quantitative estimate of drug-likeness (QED) is 0.692. The smallest absolute Gasteiger partial charge is 0.340 e. The number of rotatable bonds is 3. The molecule has 2 bridgehead atoms. The van der Waals surface area contributed by atoms with Crippen molar-refractivity contribution < 1.29 is 23.8 Å². The first-order valence-electron chi connectivity index (χ1n) is 11.4. The molecule has 0 aliphatic carbocycles. The minimum atomic E-state index is -1.10. The first kappa shape index (κ1) is 19.4. The Balaban J connectivity index is 1.71. The highest BCUT2D eigenvalue weighted by atomic mass is 16.6. The van der Waals surface area contributed by atoms with Gasteiger partial charge in [0.2, 0.25) is 5.91 Å². The van der Waals surface area contributed by atoms with Crippen molar-refractivity contribution in [3.8, 4) is 5.75 Å². The van der Waals surface area contributed by atoms with Gasteiger partial charge in [-0.1, -0.05) is 13.0 Å². The van der Waals surface area contributed by atoms with Crippen molar-refractivity contribution in [2.75, 3.05) is 32.7 Å². The third-order valence-corrected chi connectivity index (χ3v) is 9.27. The van der Waals surface area contributed by atoms with Crippen LogP contribution < -0.4 is 9.64 Å². The molecule has 2 spiro atoms. The summed E-state index contributed by atoms with van der Waals surface area (Å²) in [6.45, 7) is 2.87. The Bertz CT molecular complexity index is 1010. The number of benzene rings is 1. The van der Waals surface area contributed by atoms with E-state index in [1.807, 2.05) is 18.0 Å². The van der Waals surface area contributed by atoms with E-state index < -0.39 is 16.7 Å². The molecule has 1 aromatic rings. The van der Waals surface area contributed by atoms with Crippen LogP contribution in [0, 0.1) is 5.41 Å². The predicted molar refractivity (Wildman–Crippen MR) is 113 cm³/mol. The molecule has 1 amide bonds. The number of methoxy groups -OCH3 is 2. The van der Waals surface area contributed by atoms with Gasteiger partial charge in [0.25, 0.3) is 0 Å². The Labute approximate surface area is 182 Å². The third-order valence-electron chi connectivity index (χ3n) is 9.27. The molecule has 4 fully saturated rings. The van der Waals surface area contributed by atoms with Crippen molar-refractivity contribution in [1.82, 2.24) is 4.90 Å². The zero-order chi connectivity index (χ0) is 21.8. The van der Waals surface area contributed by atoms with Gasteiger partial charge >= 0.3 is 5.97 Å². The molecule has 6 rings (SSSR count). The van der Waals surface area contributed by atoms with Crippen molar-refractivity contribution >= 4 is 17.6 Å². The second kappa shape index (κ2) is 5.74. The number of likely N-dealkylation sites (N-methyl/N-ethyl adjacent to an activating group) is 1. The summed E-state index contributed by atoms with van der Waals surface area (Å²) < 4.78 is 18.0. The van der Waals surface area contributed by atoms with Crippen LogP contribution in [0.1, 0.15) is 51.0 Å². The normalized spacial score (nSPS) is 41.7. The first-order valence-corrected chi connectivity index (χ1v) is 11.4. The van der Waals surface area contributed by atoms with E-state index in [4.69, 9.17) is 14.2 Å². The summed E-state index contributed by atoms with van der Waals surface area (Å²) in [5, 5.41) is 0. The fourth-order valence-electron chi connectivity index (χ4n) is 8.43. The van der Waals surface area contributed by atoms with Gasteiger partial charge in [-0.3, -0.25) is 4.79 Å². The number of hydrogen-bond acceptors (Lipinski definition) is 6. The van der Waals surface area contributed by atoms with Crippen LogP contribution in [0.15, 0.2) is 18.2 Å². The number of nitrogens with zero attached hydrogens (tertiary/aromatic N) is 2. The monoisotopic (exact) mass is 426 g/mol. The van der Waals surface area contributed by atoms with Gasteiger partial charge in [-0.25, -0.2) is 4.79 Å². The fraction of sp³-hybridized carbons (Fsp3) is 0.667. The number of amides is 1. The highest BCUT2D eigenvalue weighted by Crippen LogP contribution is 2.78. The van der Waals surface area contributed by atoms with Crippen molar-refractivity contribution in [1.29, 1.82) is 0 Å². The molecule has 5 heterocycles. The molecule has 5 aliphatic rings. The van der Waals surface area contributed by atoms with E-state index in [0.717, 1.165) is 37.1 Å². The van der Waals surface area contributed by atoms with Crippen LogP contribution in [-0.2, 0) is 24.5 Å². The molecular formula is C24H30N2O5. The highest BCUT2D eigenvalue weighted by Gasteiger charge is 2.90. The van der Waals surface area contributed by atoms with Gasteiger partial charge in [0, 0.05) is 37.2 Å². The molecule has 0 saturated carbocycles. The van der Waals surface area contributed by atoms with Crippen molar-refractivity contribution in [2.24, 2.45) is 5.41 Å². The Kier molecular flexibility index (Phi) is 3.59. The summed E-state index contributed by atoms with van der Waals surface area (Å²) in [6.07, 6.45) is 4.49. The summed E-state index contributed by atoms with van der Waals surface area (Å²) >= 11 is 0. The number of fused-ring (bicyclic) bond motifs is 3. The highest BCUT2D eigenvalue weighted by molar-refractivity contribution is 5.89. The Morgan fingerprint density at radius 3 is 2.81 bits per heavy atom. The molecule has 0 radical (unpaired) electrons. The van der Waals surface area contributed by atoms with Crippen molar-refractivity contribution in [3.05, 3.63) is 23.8 Å². The molecule has 7 nitrogen and oxygen atoms in total. The minimum Gasteiger partial charge on any atom is -0.497 e. The van der Waals surface area contributed by atoms with E-state index in [0.29, 0.717) is 19.4 Å². The van der Waals surface area contributed by atoms with Gasteiger partial charge in [-0.05, 0) is 43.7 Å². The second-order valence-electron chi connectivity index (χ2n) is 9.95. The molecule has 166 valence electrons. The zero-order valence-corrected chi connectivity index (χ0v) is 18.7. The molecule has 31 heavy (non-hydrogen) atoms. The molecule has 4 saturated heterocycles. The van der Waals surface area contributed by atoms with Crippen LogP contribution in [0.5, 0.6) is 5.75 Å². The van der Waals surface area contributed by atoms with Gasteiger partial charge in [-0.15, -0.1) is 0 Å². The molecule has 5 aliphatic heterocycles. The van der Waals surface area contributed by atoms with Gasteiger partial charge in [0.05, 0.1) is 25.7 Å². The summed E-state index contributed by atoms with van der Waals surface area (Å²) in [7, 11) is 5.16. The van der Waals surface area contributed by atoms with Gasteiger partial charge in [0.15, 0.2) is 11.3 Å². The molecule has 5 atom stereocenters. The topological polar surface area (TPSA) is 68.3 Å². The van der Waals surface area contributed by atoms with E-state index in [2.05, 4.69) is 24.0 Å². The Morgan fingerprint density at radius 2 is 2.10 bits per heavy atom. The van der Waals surface area contributed by atoms with Gasteiger partial charge in [0.1, 0.15) is 5.75 Å². The number of ether oxygens (including phenoxy) is 3. The number of piperidine rings is 2. The first-order chi connectivity index (χ1) is 14.9. The second-order valence-corrected chi connectivity index (χ2v) is 9.95. The number of anilines is 1. The van der Waals surface area contributed by atoms with Crippen molar-refractivity contribution in [2.45, 2.75) is 68.2 Å². The van der Waals surface area contributed by atoms with Crippen LogP contribution in [0.25, 0.3) is 0 Å². The van der Waals surface area contributed by atoms with Gasteiger partial charge in [-0.2, -0.15) is 0 Å². The summed E-state index contributed by atoms with van der Waals surface area (Å²) in [5.41, 5.74) is -0.432. The van der Waals surface area contributed by atoms with E-state index in [1.54, 1.807) is 7.11 Å². The molecule has 7 heteroatoms. The molecule has 1 aromatic carbocycles. The average Bonchev–Trinajstić information content (AvgIpc) is 3.35. The number of carbonyl (C=O) groups excluding carboxylic acids is 2. The van der Waals surface area contributed by atoms with E-state index in [9.17, 15) is 9.59 Å². The maximum absolute atomic E-state index is 13.5. The number of esters is 1. The standard InChI is InChI=1S/C24H30N2O5/c1-5-21-11-9-18(27)26-12-6-10-22-16-8-7-15(29-3)13-17(16)25(2)19(22)23(14-21,20(28)30-4)31-24(21,22)26/h7-8,13,19H,5-6,9-12,14H2,1-4H3/t19-,21+,22+,23-,24+/m1/s1. The van der Waals surface area contributed by atoms with Crippen LogP contribution in [0.3, 0.4) is 0 Å². The lowest BCUT2D eigenvalue weighted by atomic mass is 9.46.